The monoisotopic (exact) mass is 652 g/mol. The average molecular weight is 653 g/mol. The number of nitrogens with zero attached hydrogens (tertiary/aromatic N) is 1. The largest absolute Gasteiger partial charge is 0.504 e. The van der Waals surface area contributed by atoms with Crippen LogP contribution in [0.1, 0.15) is 67.3 Å². The number of aryl methyl sites for hydroxylation is 2. The van der Waals surface area contributed by atoms with Crippen LogP contribution in [-0.4, -0.2) is 78.2 Å². The number of aromatic hydroxyl groups is 1. The van der Waals surface area contributed by atoms with Crippen LogP contribution in [-0.2, 0) is 30.5 Å². The van der Waals surface area contributed by atoms with Crippen molar-refractivity contribution in [3.05, 3.63) is 46.0 Å². The lowest BCUT2D eigenvalue weighted by Crippen LogP contribution is -2.38. The summed E-state index contributed by atoms with van der Waals surface area (Å²) in [7, 11) is 1.76. The van der Waals surface area contributed by atoms with Gasteiger partial charge >= 0.3 is 0 Å². The van der Waals surface area contributed by atoms with Gasteiger partial charge in [0.2, 0.25) is 6.29 Å². The van der Waals surface area contributed by atoms with Gasteiger partial charge in [-0.1, -0.05) is 37.8 Å². The molecule has 1 aliphatic carbocycles. The second-order valence-corrected chi connectivity index (χ2v) is 12.4. The van der Waals surface area contributed by atoms with Crippen LogP contribution >= 0.6 is 0 Å². The lowest BCUT2D eigenvalue weighted by atomic mass is 9.86. The molecule has 8 N–H and O–H groups in total. The molecule has 0 saturated heterocycles. The summed E-state index contributed by atoms with van der Waals surface area (Å²) in [5.41, 5.74) is 9.57. The van der Waals surface area contributed by atoms with Crippen molar-refractivity contribution in [2.45, 2.75) is 77.6 Å². The quantitative estimate of drug-likeness (QED) is 0.0860. The summed E-state index contributed by atoms with van der Waals surface area (Å²) >= 11 is 0. The van der Waals surface area contributed by atoms with Crippen LogP contribution in [0, 0.1) is 23.7 Å². The molecule has 0 unspecified atom stereocenters. The first-order chi connectivity index (χ1) is 22.6. The molecule has 2 aromatic rings. The van der Waals surface area contributed by atoms with E-state index < -0.39 is 19.2 Å². The van der Waals surface area contributed by atoms with Gasteiger partial charge in [0.05, 0.1) is 11.7 Å². The molecule has 0 amide bonds. The summed E-state index contributed by atoms with van der Waals surface area (Å²) in [6, 6.07) is 5.12. The van der Waals surface area contributed by atoms with E-state index in [0.717, 1.165) is 16.7 Å². The van der Waals surface area contributed by atoms with Gasteiger partial charge < -0.3 is 45.7 Å². The molecule has 1 heterocycles. The Labute approximate surface area is 276 Å². The van der Waals surface area contributed by atoms with E-state index >= 15 is 0 Å². The maximum atomic E-state index is 12.9. The van der Waals surface area contributed by atoms with E-state index in [4.69, 9.17) is 19.9 Å². The summed E-state index contributed by atoms with van der Waals surface area (Å²) in [4.78, 5) is 17.2. The van der Waals surface area contributed by atoms with Crippen molar-refractivity contribution >= 4 is 11.7 Å². The molecule has 0 aromatic heterocycles. The van der Waals surface area contributed by atoms with Gasteiger partial charge in [0.1, 0.15) is 12.5 Å². The average Bonchev–Trinajstić information content (AvgIpc) is 3.03. The summed E-state index contributed by atoms with van der Waals surface area (Å²) in [5, 5.41) is 48.0. The number of phenols is 1. The van der Waals surface area contributed by atoms with Gasteiger partial charge in [-0.2, -0.15) is 0 Å². The molecule has 12 heteroatoms. The number of nitrogens with one attached hydrogen (secondary N) is 2. The van der Waals surface area contributed by atoms with E-state index in [1.165, 1.54) is 6.07 Å². The van der Waals surface area contributed by atoms with Gasteiger partial charge in [0, 0.05) is 49.4 Å². The van der Waals surface area contributed by atoms with Crippen molar-refractivity contribution in [3.8, 4) is 34.8 Å². The second kappa shape index (κ2) is 17.2. The summed E-state index contributed by atoms with van der Waals surface area (Å²) in [5.74, 6) is 7.39. The number of aliphatic imine (C=N–C) groups is 1. The Hall–Kier alpha value is -4.02. The van der Waals surface area contributed by atoms with Crippen LogP contribution < -0.4 is 30.6 Å². The summed E-state index contributed by atoms with van der Waals surface area (Å²) in [6.07, 6.45) is 0.677. The number of rotatable bonds is 10. The molecule has 4 rings (SSSR count). The molecular formula is C35H48N4O8. The molecule has 256 valence electrons. The molecule has 47 heavy (non-hydrogen) atoms. The normalized spacial score (nSPS) is 20.1. The number of guanidine groups is 1. The van der Waals surface area contributed by atoms with E-state index in [1.54, 1.807) is 13.1 Å². The van der Waals surface area contributed by atoms with Crippen molar-refractivity contribution < 1.29 is 39.4 Å². The number of aliphatic hydroxyl groups excluding tert-OH is 3. The third kappa shape index (κ3) is 9.74. The molecule has 0 fully saturated rings. The number of benzene rings is 2. The Morgan fingerprint density at radius 2 is 1.94 bits per heavy atom. The zero-order chi connectivity index (χ0) is 33.9. The SMILES string of the molecule is CNCOc1c2cc(c3c1O[C@H](O)[C@H](CCNC(N)=NCC(C)C)C3)CC[C@@H](O)CC(=O)CCc1ccc(O)c(OCO)c1C#CC2. The van der Waals surface area contributed by atoms with Crippen LogP contribution in [0.15, 0.2) is 23.2 Å². The van der Waals surface area contributed by atoms with Crippen molar-refractivity contribution in [2.24, 2.45) is 22.6 Å². The van der Waals surface area contributed by atoms with Gasteiger partial charge in [-0.25, -0.2) is 0 Å². The van der Waals surface area contributed by atoms with Gasteiger partial charge in [0.25, 0.3) is 0 Å². The van der Waals surface area contributed by atoms with Gasteiger partial charge in [-0.3, -0.25) is 15.1 Å². The number of carbonyl (C=O) groups excluding carboxylic acids is 1. The predicted octanol–water partition coefficient (Wildman–Crippen LogP) is 1.89. The number of fused-ring (bicyclic) bond motifs is 5. The highest BCUT2D eigenvalue weighted by molar-refractivity contribution is 5.79. The molecule has 0 radical (unpaired) electrons. The van der Waals surface area contributed by atoms with Crippen molar-refractivity contribution in [2.75, 3.05) is 33.7 Å². The van der Waals surface area contributed by atoms with Crippen LogP contribution in [0.4, 0.5) is 0 Å². The first-order valence-electron chi connectivity index (χ1n) is 16.2. The van der Waals surface area contributed by atoms with Gasteiger partial charge in [-0.15, -0.1) is 0 Å². The minimum atomic E-state index is -1.10. The number of Topliss-reactive ketones (excluding diaryl/α,β-unsaturated/α-hetero) is 1. The molecule has 12 nitrogen and oxygen atoms in total. The Morgan fingerprint density at radius 3 is 2.68 bits per heavy atom. The number of ether oxygens (including phenoxy) is 3. The van der Waals surface area contributed by atoms with Gasteiger partial charge in [-0.05, 0) is 62.3 Å². The van der Waals surface area contributed by atoms with Crippen LogP contribution in [0.2, 0.25) is 0 Å². The topological polar surface area (TPSA) is 188 Å². The summed E-state index contributed by atoms with van der Waals surface area (Å²) in [6.45, 7) is 4.77. The highest BCUT2D eigenvalue weighted by atomic mass is 16.6. The second-order valence-electron chi connectivity index (χ2n) is 12.4. The fourth-order valence-electron chi connectivity index (χ4n) is 5.80. The lowest BCUT2D eigenvalue weighted by molar-refractivity contribution is -0.121. The molecule has 1 aliphatic heterocycles. The molecule has 3 atom stereocenters. The van der Waals surface area contributed by atoms with Crippen LogP contribution in [0.5, 0.6) is 23.0 Å². The molecule has 0 saturated carbocycles. The molecule has 2 aliphatic rings. The molecule has 2 bridgehead atoms. The number of phenolic OH excluding ortho intramolecular Hbond substituents is 1. The Bertz CT molecular complexity index is 1480. The third-order valence-corrected chi connectivity index (χ3v) is 8.23. The highest BCUT2D eigenvalue weighted by Gasteiger charge is 2.33. The minimum absolute atomic E-state index is 0.000791. The lowest BCUT2D eigenvalue weighted by Gasteiger charge is -2.33. The van der Waals surface area contributed by atoms with Gasteiger partial charge in [0.15, 0.2) is 35.8 Å². The molecule has 2 aromatic carbocycles. The van der Waals surface area contributed by atoms with E-state index in [-0.39, 0.29) is 49.2 Å². The molecule has 0 spiro atoms. The maximum absolute atomic E-state index is 12.9. The molecular weight excluding hydrogens is 604 g/mol. The number of nitrogens with two attached hydrogens (primary N) is 1. The third-order valence-electron chi connectivity index (χ3n) is 8.23. The standard InChI is InChI=1S/C35H48N4O8/c1-21(2)18-39-35(36)38-14-13-25-16-29-23-8-11-27(42)17-26(41)10-7-22-9-12-30(43)32(46-20-40)28(22)6-4-5-24(15-23)31(45-19-37-3)33(29)47-34(25)44/h9,12,15,21,25,27,34,37,40,42-44H,5,7-8,10-11,13-14,16-20H2,1-3H3,(H3,36,38,39)/t25-,27-,34+/m1/s1. The van der Waals surface area contributed by atoms with E-state index in [9.17, 15) is 25.2 Å². The van der Waals surface area contributed by atoms with Crippen LogP contribution in [0.25, 0.3) is 0 Å². The Morgan fingerprint density at radius 1 is 1.13 bits per heavy atom. The number of hydrogen-bond acceptors (Lipinski definition) is 10. The Balaban J connectivity index is 1.72. The number of carbonyl (C=O) groups is 1. The highest BCUT2D eigenvalue weighted by Crippen LogP contribution is 2.44. The first-order valence-corrected chi connectivity index (χ1v) is 16.2. The maximum Gasteiger partial charge on any atom is 0.200 e. The van der Waals surface area contributed by atoms with Crippen molar-refractivity contribution in [3.63, 3.8) is 0 Å². The minimum Gasteiger partial charge on any atom is -0.504 e. The van der Waals surface area contributed by atoms with Crippen LogP contribution in [0.3, 0.4) is 0 Å². The predicted molar refractivity (Wildman–Crippen MR) is 177 cm³/mol. The first kappa shape index (κ1) is 35.8. The zero-order valence-corrected chi connectivity index (χ0v) is 27.5. The van der Waals surface area contributed by atoms with Crippen molar-refractivity contribution in [1.82, 2.24) is 10.6 Å². The fraction of sp³-hybridized carbons (Fsp3) is 0.543. The number of ketones is 1. The van der Waals surface area contributed by atoms with E-state index in [0.29, 0.717) is 79.7 Å². The zero-order valence-electron chi connectivity index (χ0n) is 27.5. The number of aliphatic hydroxyl groups is 3. The van der Waals surface area contributed by atoms with E-state index in [2.05, 4.69) is 41.3 Å². The fourth-order valence-corrected chi connectivity index (χ4v) is 5.80. The van der Waals surface area contributed by atoms with E-state index in [1.807, 2.05) is 6.07 Å². The Kier molecular flexibility index (Phi) is 13.1. The number of hydrogen-bond donors (Lipinski definition) is 7. The van der Waals surface area contributed by atoms with Crippen molar-refractivity contribution in [1.29, 1.82) is 0 Å². The summed E-state index contributed by atoms with van der Waals surface area (Å²) < 4.78 is 17.6. The smallest absolute Gasteiger partial charge is 0.200 e.